The number of carbonyl (C=O) groups excluding carboxylic acids is 2. The Bertz CT molecular complexity index is 771. The molecule has 1 aliphatic rings. The van der Waals surface area contributed by atoms with E-state index < -0.39 is 6.04 Å². The van der Waals surface area contributed by atoms with Gasteiger partial charge in [0.2, 0.25) is 17.7 Å². The normalized spacial score (nSPS) is 15.4. The number of pyridine rings is 1. The summed E-state index contributed by atoms with van der Waals surface area (Å²) in [5.41, 5.74) is 1.46. The summed E-state index contributed by atoms with van der Waals surface area (Å²) < 4.78 is 5.10. The molecular formula is C18H21N3O3. The van der Waals surface area contributed by atoms with Gasteiger partial charge in [-0.25, -0.2) is 4.98 Å². The number of anilines is 1. The molecule has 2 aromatic rings. The zero-order chi connectivity index (χ0) is 17.1. The van der Waals surface area contributed by atoms with Gasteiger partial charge in [-0.2, -0.15) is 0 Å². The van der Waals surface area contributed by atoms with Gasteiger partial charge in [0.05, 0.1) is 12.6 Å². The van der Waals surface area contributed by atoms with Gasteiger partial charge in [-0.05, 0) is 44.0 Å². The second-order valence-electron chi connectivity index (χ2n) is 6.11. The molecule has 3 rings (SSSR count). The van der Waals surface area contributed by atoms with Crippen molar-refractivity contribution in [2.24, 2.45) is 5.92 Å². The summed E-state index contributed by atoms with van der Waals surface area (Å²) in [7, 11) is 1.57. The Morgan fingerprint density at radius 3 is 2.71 bits per heavy atom. The minimum atomic E-state index is -0.567. The predicted molar refractivity (Wildman–Crippen MR) is 91.9 cm³/mol. The Morgan fingerprint density at radius 2 is 2.04 bits per heavy atom. The molecule has 1 aromatic carbocycles. The van der Waals surface area contributed by atoms with Gasteiger partial charge in [0, 0.05) is 23.1 Å². The first-order valence-electron chi connectivity index (χ1n) is 8.13. The van der Waals surface area contributed by atoms with E-state index >= 15 is 0 Å². The first-order valence-corrected chi connectivity index (χ1v) is 8.13. The van der Waals surface area contributed by atoms with Crippen LogP contribution in [0.4, 0.5) is 5.69 Å². The van der Waals surface area contributed by atoms with Crippen LogP contribution in [0.1, 0.15) is 26.2 Å². The zero-order valence-corrected chi connectivity index (χ0v) is 13.8. The number of hydrogen-bond acceptors (Lipinski definition) is 4. The van der Waals surface area contributed by atoms with E-state index in [9.17, 15) is 9.59 Å². The van der Waals surface area contributed by atoms with E-state index in [1.165, 1.54) is 0 Å². The molecular weight excluding hydrogens is 306 g/mol. The number of rotatable bonds is 5. The summed E-state index contributed by atoms with van der Waals surface area (Å²) in [5.74, 6) is 0.357. The molecule has 0 saturated heterocycles. The maximum Gasteiger partial charge on any atom is 0.246 e. The molecule has 2 N–H and O–H groups in total. The highest BCUT2D eigenvalue weighted by Gasteiger charge is 2.27. The number of amides is 2. The van der Waals surface area contributed by atoms with Gasteiger partial charge in [0.15, 0.2) is 0 Å². The molecule has 6 heteroatoms. The lowest BCUT2D eigenvalue weighted by atomic mass is 9.84. The molecule has 1 atom stereocenters. The molecule has 126 valence electrons. The fourth-order valence-corrected chi connectivity index (χ4v) is 2.62. The molecule has 24 heavy (non-hydrogen) atoms. The van der Waals surface area contributed by atoms with Gasteiger partial charge < -0.3 is 15.4 Å². The van der Waals surface area contributed by atoms with Crippen molar-refractivity contribution in [3.8, 4) is 5.88 Å². The quantitative estimate of drug-likeness (QED) is 0.884. The summed E-state index contributed by atoms with van der Waals surface area (Å²) in [6.45, 7) is 1.69. The molecule has 1 fully saturated rings. The molecule has 1 heterocycles. The van der Waals surface area contributed by atoms with Crippen LogP contribution < -0.4 is 15.4 Å². The zero-order valence-electron chi connectivity index (χ0n) is 13.8. The summed E-state index contributed by atoms with van der Waals surface area (Å²) in [4.78, 5) is 28.5. The van der Waals surface area contributed by atoms with Crippen molar-refractivity contribution in [2.45, 2.75) is 32.2 Å². The van der Waals surface area contributed by atoms with Crippen molar-refractivity contribution in [2.75, 3.05) is 12.4 Å². The molecule has 1 saturated carbocycles. The summed E-state index contributed by atoms with van der Waals surface area (Å²) in [6.07, 6.45) is 2.93. The van der Waals surface area contributed by atoms with Crippen LogP contribution in [0.3, 0.4) is 0 Å². The Labute approximate surface area is 140 Å². The number of fused-ring (bicyclic) bond motifs is 1. The molecule has 1 aromatic heterocycles. The van der Waals surface area contributed by atoms with Gasteiger partial charge >= 0.3 is 0 Å². The average Bonchev–Trinajstić information content (AvgIpc) is 2.52. The minimum absolute atomic E-state index is 0.0290. The minimum Gasteiger partial charge on any atom is -0.481 e. The number of nitrogens with one attached hydrogen (secondary N) is 2. The lowest BCUT2D eigenvalue weighted by Crippen LogP contribution is -2.45. The van der Waals surface area contributed by atoms with Crippen LogP contribution in [-0.2, 0) is 9.59 Å². The molecule has 0 spiro atoms. The van der Waals surface area contributed by atoms with Crippen LogP contribution in [0.25, 0.3) is 10.9 Å². The van der Waals surface area contributed by atoms with Gasteiger partial charge in [-0.3, -0.25) is 9.59 Å². The van der Waals surface area contributed by atoms with Crippen LogP contribution >= 0.6 is 0 Å². The Morgan fingerprint density at radius 1 is 1.25 bits per heavy atom. The van der Waals surface area contributed by atoms with Gasteiger partial charge in [-0.15, -0.1) is 0 Å². The van der Waals surface area contributed by atoms with E-state index in [-0.39, 0.29) is 17.7 Å². The molecule has 6 nitrogen and oxygen atoms in total. The smallest absolute Gasteiger partial charge is 0.246 e. The number of carbonyl (C=O) groups is 2. The van der Waals surface area contributed by atoms with Gasteiger partial charge in [0.25, 0.3) is 0 Å². The second kappa shape index (κ2) is 6.86. The van der Waals surface area contributed by atoms with Crippen molar-refractivity contribution < 1.29 is 14.3 Å². The third-order valence-electron chi connectivity index (χ3n) is 4.37. The first kappa shape index (κ1) is 16.2. The van der Waals surface area contributed by atoms with E-state index in [0.29, 0.717) is 11.6 Å². The van der Waals surface area contributed by atoms with Crippen LogP contribution in [0, 0.1) is 5.92 Å². The van der Waals surface area contributed by atoms with Crippen LogP contribution in [0.5, 0.6) is 5.88 Å². The van der Waals surface area contributed by atoms with Crippen molar-refractivity contribution in [1.29, 1.82) is 0 Å². The third-order valence-corrected chi connectivity index (χ3v) is 4.37. The molecule has 1 aliphatic carbocycles. The second-order valence-corrected chi connectivity index (χ2v) is 6.11. The molecule has 2 amide bonds. The highest BCUT2D eigenvalue weighted by Crippen LogP contribution is 2.26. The molecule has 0 radical (unpaired) electrons. The summed E-state index contributed by atoms with van der Waals surface area (Å²) in [6, 6.07) is 8.55. The number of hydrogen-bond donors (Lipinski definition) is 2. The standard InChI is InChI=1S/C18H21N3O3/c1-11(19-18(23)12-4-3-5-12)17(22)20-14-7-8-15-13(10-14)6-9-16(21-15)24-2/h6-12H,3-5H2,1-2H3,(H,19,23)(H,20,22). The Hall–Kier alpha value is -2.63. The lowest BCUT2D eigenvalue weighted by molar-refractivity contribution is -0.130. The topological polar surface area (TPSA) is 80.3 Å². The lowest BCUT2D eigenvalue weighted by Gasteiger charge is -2.25. The van der Waals surface area contributed by atoms with Gasteiger partial charge in [-0.1, -0.05) is 6.42 Å². The Kier molecular flexibility index (Phi) is 4.64. The Balaban J connectivity index is 1.64. The number of ether oxygens (including phenoxy) is 1. The largest absolute Gasteiger partial charge is 0.481 e. The van der Waals surface area contributed by atoms with Crippen molar-refractivity contribution in [1.82, 2.24) is 10.3 Å². The number of benzene rings is 1. The van der Waals surface area contributed by atoms with E-state index in [1.54, 1.807) is 26.2 Å². The van der Waals surface area contributed by atoms with Crippen molar-refractivity contribution >= 4 is 28.4 Å². The monoisotopic (exact) mass is 327 g/mol. The molecule has 0 aliphatic heterocycles. The van der Waals surface area contributed by atoms with Crippen molar-refractivity contribution in [3.63, 3.8) is 0 Å². The highest BCUT2D eigenvalue weighted by molar-refractivity contribution is 5.98. The maximum atomic E-state index is 12.3. The fourth-order valence-electron chi connectivity index (χ4n) is 2.62. The van der Waals surface area contributed by atoms with E-state index in [0.717, 1.165) is 30.2 Å². The number of nitrogens with zero attached hydrogens (tertiary/aromatic N) is 1. The predicted octanol–water partition coefficient (Wildman–Crippen LogP) is 2.49. The third kappa shape index (κ3) is 3.48. The van der Waals surface area contributed by atoms with Gasteiger partial charge in [0.1, 0.15) is 6.04 Å². The average molecular weight is 327 g/mol. The molecule has 1 unspecified atom stereocenters. The molecule has 0 bridgehead atoms. The highest BCUT2D eigenvalue weighted by atomic mass is 16.5. The fraction of sp³-hybridized carbons (Fsp3) is 0.389. The van der Waals surface area contributed by atoms with Crippen LogP contribution in [0.2, 0.25) is 0 Å². The number of methoxy groups -OCH3 is 1. The van der Waals surface area contributed by atoms with Crippen LogP contribution in [-0.4, -0.2) is 29.9 Å². The van der Waals surface area contributed by atoms with E-state index in [4.69, 9.17) is 4.74 Å². The maximum absolute atomic E-state index is 12.3. The number of aromatic nitrogens is 1. The van der Waals surface area contributed by atoms with Crippen LogP contribution in [0.15, 0.2) is 30.3 Å². The summed E-state index contributed by atoms with van der Waals surface area (Å²) in [5, 5.41) is 6.51. The van der Waals surface area contributed by atoms with E-state index in [2.05, 4.69) is 15.6 Å². The van der Waals surface area contributed by atoms with Crippen molar-refractivity contribution in [3.05, 3.63) is 30.3 Å². The van der Waals surface area contributed by atoms with E-state index in [1.807, 2.05) is 18.2 Å². The summed E-state index contributed by atoms with van der Waals surface area (Å²) >= 11 is 0. The first-order chi connectivity index (χ1) is 11.6. The SMILES string of the molecule is COc1ccc2cc(NC(=O)C(C)NC(=O)C3CCC3)ccc2n1.